The number of aryl methyl sites for hydroxylation is 1. The number of likely N-dealkylation sites (tertiary alicyclic amines) is 1. The second kappa shape index (κ2) is 6.57. The molecule has 2 fully saturated rings. The van der Waals surface area contributed by atoms with E-state index in [1.165, 1.54) is 12.1 Å². The molecule has 0 spiro atoms. The molecule has 0 bridgehead atoms. The molecule has 2 aliphatic heterocycles. The molecule has 1 aromatic carbocycles. The zero-order valence-electron chi connectivity index (χ0n) is 15.9. The number of benzene rings is 1. The van der Waals surface area contributed by atoms with Gasteiger partial charge in [-0.3, -0.25) is 9.36 Å². The van der Waals surface area contributed by atoms with Gasteiger partial charge in [0.05, 0.1) is 6.54 Å². The van der Waals surface area contributed by atoms with Gasteiger partial charge >= 0.3 is 5.69 Å². The SMILES string of the molecule is O=C(C1CCCc2nn(CC3(c4ccc(F)cc4)CC3)c(=O)n21)N1CCCC1. The molecule has 3 aliphatic rings. The monoisotopic (exact) mass is 384 g/mol. The number of hydrogen-bond acceptors (Lipinski definition) is 3. The number of hydrogen-bond donors (Lipinski definition) is 0. The standard InChI is InChI=1S/C21H25FN4O2/c22-16-8-6-15(7-9-16)21(10-11-21)14-25-20(28)26-17(4-3-5-18(26)23-25)19(27)24-12-1-2-13-24/h6-9,17H,1-5,10-14H2. The molecule has 1 saturated carbocycles. The van der Waals surface area contributed by atoms with Gasteiger partial charge in [-0.15, -0.1) is 0 Å². The predicted octanol–water partition coefficient (Wildman–Crippen LogP) is 2.42. The Morgan fingerprint density at radius 2 is 1.86 bits per heavy atom. The highest BCUT2D eigenvalue weighted by Crippen LogP contribution is 2.49. The third-order valence-corrected chi connectivity index (χ3v) is 6.60. The molecule has 1 unspecified atom stereocenters. The third kappa shape index (κ3) is 2.88. The fourth-order valence-electron chi connectivity index (χ4n) is 4.80. The van der Waals surface area contributed by atoms with Crippen LogP contribution < -0.4 is 5.69 Å². The van der Waals surface area contributed by atoms with E-state index in [1.807, 2.05) is 17.0 Å². The zero-order valence-corrected chi connectivity index (χ0v) is 15.9. The Morgan fingerprint density at radius 3 is 2.54 bits per heavy atom. The van der Waals surface area contributed by atoms with Crippen LogP contribution in [0.1, 0.15) is 56.0 Å². The van der Waals surface area contributed by atoms with E-state index in [0.717, 1.165) is 63.0 Å². The Labute approximate surface area is 163 Å². The van der Waals surface area contributed by atoms with Crippen LogP contribution in [-0.4, -0.2) is 38.2 Å². The van der Waals surface area contributed by atoms with Gasteiger partial charge in [-0.1, -0.05) is 12.1 Å². The molecule has 2 aromatic rings. The van der Waals surface area contributed by atoms with E-state index in [9.17, 15) is 14.0 Å². The van der Waals surface area contributed by atoms with Crippen molar-refractivity contribution in [2.45, 2.75) is 62.9 Å². The lowest BCUT2D eigenvalue weighted by molar-refractivity contribution is -0.134. The van der Waals surface area contributed by atoms with E-state index in [4.69, 9.17) is 0 Å². The van der Waals surface area contributed by atoms with Crippen LogP contribution in [0.5, 0.6) is 0 Å². The minimum Gasteiger partial charge on any atom is -0.341 e. The topological polar surface area (TPSA) is 60.1 Å². The number of rotatable bonds is 4. The quantitative estimate of drug-likeness (QED) is 0.813. The van der Waals surface area contributed by atoms with Crippen molar-refractivity contribution >= 4 is 5.91 Å². The minimum absolute atomic E-state index is 0.0692. The van der Waals surface area contributed by atoms with E-state index in [1.54, 1.807) is 9.25 Å². The highest BCUT2D eigenvalue weighted by atomic mass is 19.1. The number of carbonyl (C=O) groups is 1. The Hall–Kier alpha value is -2.44. The lowest BCUT2D eigenvalue weighted by Crippen LogP contribution is -2.41. The average Bonchev–Trinajstić information content (AvgIpc) is 3.14. The van der Waals surface area contributed by atoms with Crippen molar-refractivity contribution in [3.05, 3.63) is 52.0 Å². The summed E-state index contributed by atoms with van der Waals surface area (Å²) < 4.78 is 16.5. The van der Waals surface area contributed by atoms with Crippen LogP contribution in [0.15, 0.2) is 29.1 Å². The van der Waals surface area contributed by atoms with E-state index < -0.39 is 6.04 Å². The van der Waals surface area contributed by atoms with Gasteiger partial charge in [0, 0.05) is 24.9 Å². The molecule has 0 radical (unpaired) electrons. The van der Waals surface area contributed by atoms with Gasteiger partial charge in [-0.2, -0.15) is 5.10 Å². The number of carbonyl (C=O) groups excluding carboxylic acids is 1. The van der Waals surface area contributed by atoms with Gasteiger partial charge in [0.15, 0.2) is 0 Å². The lowest BCUT2D eigenvalue weighted by atomic mass is 9.96. The summed E-state index contributed by atoms with van der Waals surface area (Å²) >= 11 is 0. The highest BCUT2D eigenvalue weighted by molar-refractivity contribution is 5.80. The summed E-state index contributed by atoms with van der Waals surface area (Å²) in [7, 11) is 0. The summed E-state index contributed by atoms with van der Waals surface area (Å²) in [5.41, 5.74) is 0.730. The Balaban J connectivity index is 1.44. The van der Waals surface area contributed by atoms with Crippen LogP contribution in [0.25, 0.3) is 0 Å². The van der Waals surface area contributed by atoms with Gasteiger partial charge < -0.3 is 4.90 Å². The lowest BCUT2D eigenvalue weighted by Gasteiger charge is -2.27. The fourth-order valence-corrected chi connectivity index (χ4v) is 4.80. The summed E-state index contributed by atoms with van der Waals surface area (Å²) in [6.45, 7) is 2.07. The fraction of sp³-hybridized carbons (Fsp3) is 0.571. The summed E-state index contributed by atoms with van der Waals surface area (Å²) in [4.78, 5) is 28.0. The Morgan fingerprint density at radius 1 is 1.14 bits per heavy atom. The molecule has 5 rings (SSSR count). The van der Waals surface area contributed by atoms with Crippen molar-refractivity contribution in [1.82, 2.24) is 19.2 Å². The second-order valence-electron chi connectivity index (χ2n) is 8.45. The molecule has 1 aromatic heterocycles. The summed E-state index contributed by atoms with van der Waals surface area (Å²) in [5.74, 6) is 0.543. The number of nitrogens with zero attached hydrogens (tertiary/aromatic N) is 4. The average molecular weight is 384 g/mol. The summed E-state index contributed by atoms with van der Waals surface area (Å²) in [6.07, 6.45) is 6.32. The van der Waals surface area contributed by atoms with Crippen molar-refractivity contribution in [1.29, 1.82) is 0 Å². The third-order valence-electron chi connectivity index (χ3n) is 6.60. The maximum atomic E-state index is 13.3. The van der Waals surface area contributed by atoms with Gasteiger partial charge in [-0.05, 0) is 56.2 Å². The molecular weight excluding hydrogens is 359 g/mol. The predicted molar refractivity (Wildman–Crippen MR) is 102 cm³/mol. The molecule has 28 heavy (non-hydrogen) atoms. The van der Waals surface area contributed by atoms with Crippen LogP contribution in [-0.2, 0) is 23.2 Å². The van der Waals surface area contributed by atoms with Crippen molar-refractivity contribution in [2.75, 3.05) is 13.1 Å². The van der Waals surface area contributed by atoms with E-state index in [2.05, 4.69) is 5.10 Å². The smallest absolute Gasteiger partial charge is 0.341 e. The number of amides is 1. The van der Waals surface area contributed by atoms with Gasteiger partial charge in [0.1, 0.15) is 17.7 Å². The first-order chi connectivity index (χ1) is 13.6. The Kier molecular flexibility index (Phi) is 4.14. The van der Waals surface area contributed by atoms with Gasteiger partial charge in [-0.25, -0.2) is 13.9 Å². The molecule has 1 atom stereocenters. The summed E-state index contributed by atoms with van der Waals surface area (Å²) in [6, 6.07) is 6.15. The first kappa shape index (κ1) is 17.6. The van der Waals surface area contributed by atoms with E-state index in [-0.39, 0.29) is 22.8 Å². The maximum absolute atomic E-state index is 13.3. The molecule has 1 aliphatic carbocycles. The van der Waals surface area contributed by atoms with Crippen LogP contribution in [0.2, 0.25) is 0 Å². The van der Waals surface area contributed by atoms with E-state index in [0.29, 0.717) is 13.0 Å². The van der Waals surface area contributed by atoms with Crippen LogP contribution in [0, 0.1) is 5.82 Å². The first-order valence-electron chi connectivity index (χ1n) is 10.3. The van der Waals surface area contributed by atoms with Crippen LogP contribution in [0.3, 0.4) is 0 Å². The van der Waals surface area contributed by atoms with Crippen molar-refractivity contribution in [3.8, 4) is 0 Å². The number of aromatic nitrogens is 3. The Bertz CT molecular complexity index is 952. The van der Waals surface area contributed by atoms with Crippen LogP contribution >= 0.6 is 0 Å². The highest BCUT2D eigenvalue weighted by Gasteiger charge is 2.46. The van der Waals surface area contributed by atoms with Crippen molar-refractivity contribution in [3.63, 3.8) is 0 Å². The molecule has 3 heterocycles. The zero-order chi connectivity index (χ0) is 19.3. The second-order valence-corrected chi connectivity index (χ2v) is 8.45. The molecule has 0 N–H and O–H groups in total. The number of fused-ring (bicyclic) bond motifs is 1. The molecule has 6 nitrogen and oxygen atoms in total. The number of halogens is 1. The molecule has 1 amide bonds. The largest absolute Gasteiger partial charge is 0.346 e. The van der Waals surface area contributed by atoms with Crippen LogP contribution in [0.4, 0.5) is 4.39 Å². The minimum atomic E-state index is -0.413. The first-order valence-corrected chi connectivity index (χ1v) is 10.3. The molecule has 1 saturated heterocycles. The molecule has 7 heteroatoms. The molecule has 148 valence electrons. The van der Waals surface area contributed by atoms with Gasteiger partial charge in [0.2, 0.25) is 5.91 Å². The van der Waals surface area contributed by atoms with Gasteiger partial charge in [0.25, 0.3) is 0 Å². The van der Waals surface area contributed by atoms with Crippen molar-refractivity contribution < 1.29 is 9.18 Å². The maximum Gasteiger partial charge on any atom is 0.346 e. The van der Waals surface area contributed by atoms with E-state index >= 15 is 0 Å². The van der Waals surface area contributed by atoms with Crippen molar-refractivity contribution in [2.24, 2.45) is 0 Å². The normalized spacial score (nSPS) is 22.9. The molecular formula is C21H25FN4O2. The summed E-state index contributed by atoms with van der Waals surface area (Å²) in [5, 5.41) is 4.60.